The summed E-state index contributed by atoms with van der Waals surface area (Å²) < 4.78 is 0. The van der Waals surface area contributed by atoms with Crippen LogP contribution in [0.5, 0.6) is 0 Å². The lowest BCUT2D eigenvalue weighted by Gasteiger charge is -2.14. The number of nitrogens with zero attached hydrogens (tertiary/aromatic N) is 1. The van der Waals surface area contributed by atoms with Crippen molar-refractivity contribution in [1.82, 2.24) is 0 Å². The summed E-state index contributed by atoms with van der Waals surface area (Å²) in [6.07, 6.45) is 6.84. The SMILES string of the molecule is N#CC1=CC=CC(c2ccccc2)C1. The van der Waals surface area contributed by atoms with Crippen molar-refractivity contribution in [2.45, 2.75) is 12.3 Å². The van der Waals surface area contributed by atoms with Crippen LogP contribution in [-0.4, -0.2) is 0 Å². The normalized spacial score (nSPS) is 19.9. The van der Waals surface area contributed by atoms with Gasteiger partial charge in [0.25, 0.3) is 0 Å². The van der Waals surface area contributed by atoms with Crippen LogP contribution in [0.4, 0.5) is 0 Å². The quantitative estimate of drug-likeness (QED) is 0.652. The van der Waals surface area contributed by atoms with E-state index in [1.54, 1.807) is 0 Å². The molecule has 68 valence electrons. The van der Waals surface area contributed by atoms with E-state index >= 15 is 0 Å². The first-order valence-electron chi connectivity index (χ1n) is 4.72. The van der Waals surface area contributed by atoms with Crippen molar-refractivity contribution in [3.63, 3.8) is 0 Å². The molecule has 1 aliphatic carbocycles. The number of hydrogen-bond donors (Lipinski definition) is 0. The van der Waals surface area contributed by atoms with E-state index < -0.39 is 0 Å². The van der Waals surface area contributed by atoms with E-state index in [-0.39, 0.29) is 0 Å². The Morgan fingerprint density at radius 1 is 1.21 bits per heavy atom. The van der Waals surface area contributed by atoms with E-state index in [0.29, 0.717) is 5.92 Å². The molecule has 0 saturated carbocycles. The summed E-state index contributed by atoms with van der Waals surface area (Å²) in [5.74, 6) is 0.371. The molecule has 1 aliphatic rings. The highest BCUT2D eigenvalue weighted by molar-refractivity contribution is 5.36. The summed E-state index contributed by atoms with van der Waals surface area (Å²) >= 11 is 0. The zero-order valence-electron chi connectivity index (χ0n) is 7.85. The largest absolute Gasteiger partial charge is 0.193 e. The van der Waals surface area contributed by atoms with Gasteiger partial charge in [0.05, 0.1) is 6.07 Å². The molecule has 1 nitrogen and oxygen atoms in total. The fourth-order valence-corrected chi connectivity index (χ4v) is 1.69. The van der Waals surface area contributed by atoms with E-state index in [9.17, 15) is 0 Å². The second kappa shape index (κ2) is 3.93. The van der Waals surface area contributed by atoms with Crippen molar-refractivity contribution in [2.24, 2.45) is 0 Å². The smallest absolute Gasteiger partial charge is 0.0947 e. The topological polar surface area (TPSA) is 23.8 Å². The first-order chi connectivity index (χ1) is 6.90. The Morgan fingerprint density at radius 2 is 2.00 bits per heavy atom. The van der Waals surface area contributed by atoms with Gasteiger partial charge in [0.2, 0.25) is 0 Å². The van der Waals surface area contributed by atoms with Crippen LogP contribution >= 0.6 is 0 Å². The molecule has 14 heavy (non-hydrogen) atoms. The van der Waals surface area contributed by atoms with Crippen LogP contribution in [0.1, 0.15) is 17.9 Å². The third-order valence-corrected chi connectivity index (χ3v) is 2.45. The fraction of sp³-hybridized carbons (Fsp3) is 0.154. The molecule has 0 aromatic heterocycles. The molecule has 1 aromatic rings. The van der Waals surface area contributed by atoms with Crippen molar-refractivity contribution in [2.75, 3.05) is 0 Å². The maximum absolute atomic E-state index is 8.80. The monoisotopic (exact) mass is 181 g/mol. The molecule has 0 amide bonds. The standard InChI is InChI=1S/C13H11N/c14-10-11-5-4-8-13(9-11)12-6-2-1-3-7-12/h1-8,13H,9H2. The Hall–Kier alpha value is -1.81. The van der Waals surface area contributed by atoms with Crippen molar-refractivity contribution in [3.8, 4) is 6.07 Å². The first kappa shape index (κ1) is 8.77. The molecule has 0 saturated heterocycles. The van der Waals surface area contributed by atoms with Gasteiger partial charge in [0.15, 0.2) is 0 Å². The molecule has 1 heteroatoms. The van der Waals surface area contributed by atoms with Crippen LogP contribution in [-0.2, 0) is 0 Å². The van der Waals surface area contributed by atoms with Crippen molar-refractivity contribution >= 4 is 0 Å². The molecule has 0 fully saturated rings. The summed E-state index contributed by atoms with van der Waals surface area (Å²) in [4.78, 5) is 0. The lowest BCUT2D eigenvalue weighted by Crippen LogP contribution is -1.99. The molecule has 1 unspecified atom stereocenters. The van der Waals surface area contributed by atoms with Crippen LogP contribution in [0, 0.1) is 11.3 Å². The van der Waals surface area contributed by atoms with Gasteiger partial charge in [-0.05, 0) is 18.1 Å². The second-order valence-electron chi connectivity index (χ2n) is 3.41. The Bertz CT molecular complexity index is 407. The number of nitriles is 1. The van der Waals surface area contributed by atoms with Gasteiger partial charge in [-0.2, -0.15) is 5.26 Å². The lowest BCUT2D eigenvalue weighted by atomic mass is 9.89. The molecule has 0 bridgehead atoms. The maximum atomic E-state index is 8.80. The zero-order valence-corrected chi connectivity index (χ0v) is 7.85. The predicted octanol–water partition coefficient (Wildman–Crippen LogP) is 3.18. The molecule has 0 heterocycles. The van der Waals surface area contributed by atoms with Gasteiger partial charge in [-0.3, -0.25) is 0 Å². The molecule has 0 spiro atoms. The van der Waals surface area contributed by atoms with E-state index in [1.165, 1.54) is 5.56 Å². The van der Waals surface area contributed by atoms with Crippen LogP contribution < -0.4 is 0 Å². The maximum Gasteiger partial charge on any atom is 0.0947 e. The molecule has 2 rings (SSSR count). The van der Waals surface area contributed by atoms with Gasteiger partial charge >= 0.3 is 0 Å². The number of hydrogen-bond acceptors (Lipinski definition) is 1. The highest BCUT2D eigenvalue weighted by atomic mass is 14.3. The van der Waals surface area contributed by atoms with Crippen LogP contribution in [0.15, 0.2) is 54.1 Å². The van der Waals surface area contributed by atoms with E-state index in [4.69, 9.17) is 5.26 Å². The molecule has 1 aromatic carbocycles. The minimum atomic E-state index is 0.371. The molecule has 0 N–H and O–H groups in total. The molecule has 1 atom stereocenters. The summed E-state index contributed by atoms with van der Waals surface area (Å²) in [5.41, 5.74) is 2.14. The Morgan fingerprint density at radius 3 is 2.71 bits per heavy atom. The minimum Gasteiger partial charge on any atom is -0.193 e. The van der Waals surface area contributed by atoms with Crippen molar-refractivity contribution in [1.29, 1.82) is 5.26 Å². The van der Waals surface area contributed by atoms with Gasteiger partial charge < -0.3 is 0 Å². The average molecular weight is 181 g/mol. The molecule has 0 aliphatic heterocycles. The van der Waals surface area contributed by atoms with Gasteiger partial charge in [0, 0.05) is 11.5 Å². The third-order valence-electron chi connectivity index (χ3n) is 2.45. The molecule has 0 radical (unpaired) electrons. The van der Waals surface area contributed by atoms with Gasteiger partial charge in [0.1, 0.15) is 0 Å². The third kappa shape index (κ3) is 1.75. The van der Waals surface area contributed by atoms with E-state index in [2.05, 4.69) is 24.3 Å². The summed E-state index contributed by atoms with van der Waals surface area (Å²) in [5, 5.41) is 8.80. The average Bonchev–Trinajstić information content (AvgIpc) is 2.30. The predicted molar refractivity (Wildman–Crippen MR) is 56.6 cm³/mol. The van der Waals surface area contributed by atoms with Crippen molar-refractivity contribution < 1.29 is 0 Å². The summed E-state index contributed by atoms with van der Waals surface area (Å²) in [7, 11) is 0. The van der Waals surface area contributed by atoms with Crippen molar-refractivity contribution in [3.05, 3.63) is 59.7 Å². The van der Waals surface area contributed by atoms with Gasteiger partial charge in [-0.1, -0.05) is 42.5 Å². The van der Waals surface area contributed by atoms with Crippen LogP contribution in [0.3, 0.4) is 0 Å². The second-order valence-corrected chi connectivity index (χ2v) is 3.41. The van der Waals surface area contributed by atoms with Crippen LogP contribution in [0.2, 0.25) is 0 Å². The lowest BCUT2D eigenvalue weighted by molar-refractivity contribution is 0.831. The fourth-order valence-electron chi connectivity index (χ4n) is 1.69. The van der Waals surface area contributed by atoms with E-state index in [1.807, 2.05) is 30.4 Å². The number of allylic oxidation sites excluding steroid dienone is 4. The minimum absolute atomic E-state index is 0.371. The highest BCUT2D eigenvalue weighted by Gasteiger charge is 2.12. The zero-order chi connectivity index (χ0) is 9.80. The summed E-state index contributed by atoms with van der Waals surface area (Å²) in [6.45, 7) is 0. The highest BCUT2D eigenvalue weighted by Crippen LogP contribution is 2.27. The Kier molecular flexibility index (Phi) is 2.46. The van der Waals surface area contributed by atoms with E-state index in [0.717, 1.165) is 12.0 Å². The Labute approximate surface area is 84.0 Å². The first-order valence-corrected chi connectivity index (χ1v) is 4.72. The van der Waals surface area contributed by atoms with Gasteiger partial charge in [-0.25, -0.2) is 0 Å². The van der Waals surface area contributed by atoms with Gasteiger partial charge in [-0.15, -0.1) is 0 Å². The molecular formula is C13H11N. The number of benzene rings is 1. The van der Waals surface area contributed by atoms with Crippen LogP contribution in [0.25, 0.3) is 0 Å². The molecular weight excluding hydrogens is 170 g/mol. The Balaban J connectivity index is 2.21. The summed E-state index contributed by atoms with van der Waals surface area (Å²) in [6, 6.07) is 12.5. The number of rotatable bonds is 1.